The maximum Gasteiger partial charge on any atom is 0.0964 e. The van der Waals surface area contributed by atoms with E-state index in [2.05, 4.69) is 36.4 Å². The van der Waals surface area contributed by atoms with Gasteiger partial charge in [-0.3, -0.25) is 0 Å². The predicted octanol–water partition coefficient (Wildman–Crippen LogP) is 1.75. The van der Waals surface area contributed by atoms with Crippen LogP contribution in [0.15, 0.2) is 6.20 Å². The molecule has 4 nitrogen and oxygen atoms in total. The molecule has 0 aromatic carbocycles. The van der Waals surface area contributed by atoms with Gasteiger partial charge in [-0.2, -0.15) is 0 Å². The second-order valence-electron chi connectivity index (χ2n) is 3.44. The van der Waals surface area contributed by atoms with Gasteiger partial charge in [0.15, 0.2) is 0 Å². The molecule has 1 rings (SSSR count). The molecule has 0 amide bonds. The van der Waals surface area contributed by atoms with E-state index < -0.39 is 0 Å². The molecule has 80 valence electrons. The molecule has 0 bridgehead atoms. The van der Waals surface area contributed by atoms with Crippen LogP contribution in [-0.2, 0) is 6.54 Å². The first-order chi connectivity index (χ1) is 6.81. The molecule has 4 heteroatoms. The van der Waals surface area contributed by atoms with Crippen molar-refractivity contribution in [1.29, 1.82) is 0 Å². The van der Waals surface area contributed by atoms with Crippen LogP contribution in [0.25, 0.3) is 0 Å². The Morgan fingerprint density at radius 1 is 1.36 bits per heavy atom. The lowest BCUT2D eigenvalue weighted by Gasteiger charge is -2.10. The highest BCUT2D eigenvalue weighted by Gasteiger charge is 2.08. The first-order valence-electron chi connectivity index (χ1n) is 5.43. The highest BCUT2D eigenvalue weighted by molar-refractivity contribution is 4.92. The predicted molar refractivity (Wildman–Crippen MR) is 57.0 cm³/mol. The highest BCUT2D eigenvalue weighted by Crippen LogP contribution is 2.13. The second-order valence-corrected chi connectivity index (χ2v) is 3.44. The van der Waals surface area contributed by atoms with E-state index in [1.54, 1.807) is 0 Å². The summed E-state index contributed by atoms with van der Waals surface area (Å²) in [6.07, 6.45) is 4.27. The minimum Gasteiger partial charge on any atom is -0.311 e. The maximum absolute atomic E-state index is 4.14. The van der Waals surface area contributed by atoms with Crippen molar-refractivity contribution in [1.82, 2.24) is 20.3 Å². The molecule has 0 fully saturated rings. The Hall–Kier alpha value is -0.900. The number of rotatable bonds is 6. The van der Waals surface area contributed by atoms with Gasteiger partial charge in [-0.25, -0.2) is 4.68 Å². The van der Waals surface area contributed by atoms with Crippen LogP contribution in [0.1, 0.15) is 45.3 Å². The van der Waals surface area contributed by atoms with E-state index in [9.17, 15) is 0 Å². The summed E-state index contributed by atoms with van der Waals surface area (Å²) < 4.78 is 1.98. The minimum absolute atomic E-state index is 0.498. The zero-order chi connectivity index (χ0) is 10.4. The van der Waals surface area contributed by atoms with Crippen molar-refractivity contribution in [2.45, 2.75) is 46.2 Å². The van der Waals surface area contributed by atoms with Gasteiger partial charge in [0, 0.05) is 6.54 Å². The second kappa shape index (κ2) is 5.75. The van der Waals surface area contributed by atoms with Crippen molar-refractivity contribution < 1.29 is 0 Å². The van der Waals surface area contributed by atoms with Crippen LogP contribution in [0.2, 0.25) is 0 Å². The summed E-state index contributed by atoms with van der Waals surface area (Å²) in [5, 5.41) is 11.5. The van der Waals surface area contributed by atoms with E-state index >= 15 is 0 Å². The molecule has 14 heavy (non-hydrogen) atoms. The topological polar surface area (TPSA) is 42.7 Å². The lowest BCUT2D eigenvalue weighted by molar-refractivity contribution is 0.418. The van der Waals surface area contributed by atoms with Crippen LogP contribution >= 0.6 is 0 Å². The SMILES string of the molecule is CCNCc1cn(C(CC)CC)nn1. The summed E-state index contributed by atoms with van der Waals surface area (Å²) >= 11 is 0. The molecule has 0 radical (unpaired) electrons. The third-order valence-corrected chi connectivity index (χ3v) is 2.43. The summed E-state index contributed by atoms with van der Waals surface area (Å²) in [7, 11) is 0. The van der Waals surface area contributed by atoms with Gasteiger partial charge in [-0.15, -0.1) is 5.10 Å². The number of hydrogen-bond donors (Lipinski definition) is 1. The van der Waals surface area contributed by atoms with Gasteiger partial charge in [-0.1, -0.05) is 26.0 Å². The molecule has 1 N–H and O–H groups in total. The average molecular weight is 196 g/mol. The van der Waals surface area contributed by atoms with Gasteiger partial charge in [0.25, 0.3) is 0 Å². The molecule has 0 unspecified atom stereocenters. The number of nitrogens with zero attached hydrogens (tertiary/aromatic N) is 3. The van der Waals surface area contributed by atoms with Gasteiger partial charge in [-0.05, 0) is 19.4 Å². The largest absolute Gasteiger partial charge is 0.311 e. The summed E-state index contributed by atoms with van der Waals surface area (Å²) in [5.41, 5.74) is 1.03. The molecule has 1 aromatic heterocycles. The molecule has 0 saturated heterocycles. The van der Waals surface area contributed by atoms with Crippen molar-refractivity contribution in [2.75, 3.05) is 6.54 Å². The monoisotopic (exact) mass is 196 g/mol. The smallest absolute Gasteiger partial charge is 0.0964 e. The van der Waals surface area contributed by atoms with Crippen molar-refractivity contribution in [3.8, 4) is 0 Å². The van der Waals surface area contributed by atoms with E-state index in [0.29, 0.717) is 6.04 Å². The molecular weight excluding hydrogens is 176 g/mol. The first kappa shape index (κ1) is 11.2. The number of nitrogens with one attached hydrogen (secondary N) is 1. The van der Waals surface area contributed by atoms with Crippen LogP contribution in [0, 0.1) is 0 Å². The summed E-state index contributed by atoms with van der Waals surface area (Å²) in [4.78, 5) is 0. The third-order valence-electron chi connectivity index (χ3n) is 2.43. The van der Waals surface area contributed by atoms with E-state index in [-0.39, 0.29) is 0 Å². The van der Waals surface area contributed by atoms with E-state index in [4.69, 9.17) is 0 Å². The highest BCUT2D eigenvalue weighted by atomic mass is 15.4. The minimum atomic E-state index is 0.498. The molecule has 0 spiro atoms. The van der Waals surface area contributed by atoms with Crippen LogP contribution < -0.4 is 5.32 Å². The van der Waals surface area contributed by atoms with Crippen LogP contribution in [0.4, 0.5) is 0 Å². The van der Waals surface area contributed by atoms with Crippen molar-refractivity contribution in [3.05, 3.63) is 11.9 Å². The van der Waals surface area contributed by atoms with Crippen molar-refractivity contribution in [2.24, 2.45) is 0 Å². The van der Waals surface area contributed by atoms with Crippen molar-refractivity contribution >= 4 is 0 Å². The quantitative estimate of drug-likeness (QED) is 0.753. The third kappa shape index (κ3) is 2.80. The fraction of sp³-hybridized carbons (Fsp3) is 0.800. The number of aromatic nitrogens is 3. The van der Waals surface area contributed by atoms with Crippen LogP contribution in [0.5, 0.6) is 0 Å². The molecule has 0 aliphatic rings. The Balaban J connectivity index is 2.57. The molecular formula is C10H20N4. The zero-order valence-electron chi connectivity index (χ0n) is 9.32. The summed E-state index contributed by atoms with van der Waals surface area (Å²) in [5.74, 6) is 0. The van der Waals surface area contributed by atoms with Gasteiger partial charge in [0.05, 0.1) is 17.9 Å². The molecule has 0 aliphatic carbocycles. The van der Waals surface area contributed by atoms with Gasteiger partial charge in [0.2, 0.25) is 0 Å². The lowest BCUT2D eigenvalue weighted by Crippen LogP contribution is -2.12. The Morgan fingerprint density at radius 2 is 2.07 bits per heavy atom. The molecule has 1 aromatic rings. The van der Waals surface area contributed by atoms with E-state index in [1.165, 1.54) is 0 Å². The molecule has 0 atom stereocenters. The molecule has 1 heterocycles. The molecule has 0 saturated carbocycles. The van der Waals surface area contributed by atoms with Gasteiger partial charge >= 0.3 is 0 Å². The maximum atomic E-state index is 4.14. The van der Waals surface area contributed by atoms with Crippen LogP contribution in [-0.4, -0.2) is 21.5 Å². The Morgan fingerprint density at radius 3 is 2.64 bits per heavy atom. The van der Waals surface area contributed by atoms with E-state index in [0.717, 1.165) is 31.6 Å². The normalized spacial score (nSPS) is 11.1. The average Bonchev–Trinajstić information content (AvgIpc) is 2.65. The van der Waals surface area contributed by atoms with Gasteiger partial charge in [0.1, 0.15) is 0 Å². The van der Waals surface area contributed by atoms with Crippen LogP contribution in [0.3, 0.4) is 0 Å². The Labute approximate surface area is 85.7 Å². The Bertz CT molecular complexity index is 252. The standard InChI is InChI=1S/C10H20N4/c1-4-10(5-2)14-8-9(12-13-14)7-11-6-3/h8,10-11H,4-7H2,1-3H3. The van der Waals surface area contributed by atoms with E-state index in [1.807, 2.05) is 10.9 Å². The first-order valence-corrected chi connectivity index (χ1v) is 5.43. The fourth-order valence-corrected chi connectivity index (χ4v) is 1.49. The zero-order valence-corrected chi connectivity index (χ0v) is 9.32. The van der Waals surface area contributed by atoms with Crippen molar-refractivity contribution in [3.63, 3.8) is 0 Å². The summed E-state index contributed by atoms with van der Waals surface area (Å²) in [6, 6.07) is 0.498. The Kier molecular flexibility index (Phi) is 4.59. The summed E-state index contributed by atoms with van der Waals surface area (Å²) in [6.45, 7) is 8.24. The molecule has 0 aliphatic heterocycles. The fourth-order valence-electron chi connectivity index (χ4n) is 1.49. The van der Waals surface area contributed by atoms with Gasteiger partial charge < -0.3 is 5.32 Å². The number of hydrogen-bond acceptors (Lipinski definition) is 3. The lowest BCUT2D eigenvalue weighted by atomic mass is 10.2.